The van der Waals surface area contributed by atoms with Crippen LogP contribution in [0.1, 0.15) is 44.0 Å². The van der Waals surface area contributed by atoms with E-state index in [9.17, 15) is 18.8 Å². The minimum absolute atomic E-state index is 0.0493. The van der Waals surface area contributed by atoms with Gasteiger partial charge in [0.2, 0.25) is 0 Å². The number of carbonyl (C=O) groups excluding carboxylic acids is 2. The predicted molar refractivity (Wildman–Crippen MR) is 152 cm³/mol. The van der Waals surface area contributed by atoms with Crippen LogP contribution in [0.25, 0.3) is 11.5 Å². The summed E-state index contributed by atoms with van der Waals surface area (Å²) in [7, 11) is 3.08. The molecule has 4 aromatic rings. The first kappa shape index (κ1) is 28.7. The van der Waals surface area contributed by atoms with E-state index in [0.29, 0.717) is 0 Å². The SMILES string of the molecule is CO[C@@H]1CC[C@H]1NC(=O)c1cnn2c(N(C)C(=O)OC(C)(C)C)cc(Nc3cccn(-c4ncccc4F)c3=O)nc12. The van der Waals surface area contributed by atoms with Crippen LogP contribution in [0.15, 0.2) is 53.7 Å². The Labute approximate surface area is 240 Å². The fourth-order valence-electron chi connectivity index (χ4n) is 4.45. The van der Waals surface area contributed by atoms with Crippen molar-refractivity contribution in [2.24, 2.45) is 0 Å². The van der Waals surface area contributed by atoms with E-state index < -0.39 is 29.0 Å². The van der Waals surface area contributed by atoms with Crippen molar-refractivity contribution >= 4 is 35.0 Å². The molecule has 2 atom stereocenters. The van der Waals surface area contributed by atoms with Crippen molar-refractivity contribution in [1.29, 1.82) is 0 Å². The number of aromatic nitrogens is 5. The van der Waals surface area contributed by atoms with Gasteiger partial charge in [0, 0.05) is 32.6 Å². The number of methoxy groups -OCH3 is 1. The molecule has 1 aliphatic carbocycles. The van der Waals surface area contributed by atoms with E-state index in [1.54, 1.807) is 33.9 Å². The molecule has 0 unspecified atom stereocenters. The molecule has 2 amide bonds. The highest BCUT2D eigenvalue weighted by molar-refractivity contribution is 6.00. The summed E-state index contributed by atoms with van der Waals surface area (Å²) in [5, 5.41) is 10.2. The molecule has 0 bridgehead atoms. The minimum atomic E-state index is -0.774. The summed E-state index contributed by atoms with van der Waals surface area (Å²) in [5.74, 6) is -0.923. The summed E-state index contributed by atoms with van der Waals surface area (Å²) < 4.78 is 27.7. The van der Waals surface area contributed by atoms with Gasteiger partial charge in [0.1, 0.15) is 28.5 Å². The van der Waals surface area contributed by atoms with Crippen LogP contribution in [0.5, 0.6) is 0 Å². The average Bonchev–Trinajstić information content (AvgIpc) is 3.35. The normalized spacial score (nSPS) is 16.5. The first-order valence-corrected chi connectivity index (χ1v) is 13.3. The molecule has 1 saturated carbocycles. The fraction of sp³-hybridized carbons (Fsp3) is 0.357. The number of amides is 2. The molecule has 0 spiro atoms. The molecular formula is C28H31FN8O5. The zero-order chi connectivity index (χ0) is 30.2. The van der Waals surface area contributed by atoms with Crippen LogP contribution < -0.4 is 21.1 Å². The topological polar surface area (TPSA) is 145 Å². The Hall–Kier alpha value is -4.85. The lowest BCUT2D eigenvalue weighted by Crippen LogP contribution is -2.51. The first-order chi connectivity index (χ1) is 20.0. The Bertz CT molecular complexity index is 1710. The third kappa shape index (κ3) is 5.65. The standard InChI is InChI=1S/C28H31FN8O5/c1-28(2,3)42-27(40)35(4)22-14-21(32-19-9-7-13-36(26(19)39)24-17(29)8-6-12-30-24)34-23-16(15-31-37(22)23)25(38)33-18-10-11-20(18)41-5/h6-9,12-15,18,20H,10-11H2,1-5H3,(H,32,34)(H,33,38)/t18-,20-/m1/s1. The van der Waals surface area contributed by atoms with E-state index in [-0.39, 0.29) is 46.5 Å². The van der Waals surface area contributed by atoms with Crippen LogP contribution in [-0.4, -0.2) is 68.1 Å². The Morgan fingerprint density at radius 1 is 1.19 bits per heavy atom. The van der Waals surface area contributed by atoms with Crippen molar-refractivity contribution in [2.45, 2.75) is 51.4 Å². The first-order valence-electron chi connectivity index (χ1n) is 13.3. The smallest absolute Gasteiger partial charge is 0.415 e. The van der Waals surface area contributed by atoms with Crippen LogP contribution in [0.2, 0.25) is 0 Å². The lowest BCUT2D eigenvalue weighted by molar-refractivity contribution is 0.00732. The highest BCUT2D eigenvalue weighted by atomic mass is 19.1. The molecule has 0 radical (unpaired) electrons. The molecule has 13 nitrogen and oxygen atoms in total. The van der Waals surface area contributed by atoms with E-state index >= 15 is 0 Å². The number of rotatable bonds is 7. The molecule has 42 heavy (non-hydrogen) atoms. The van der Waals surface area contributed by atoms with Gasteiger partial charge in [-0.15, -0.1) is 0 Å². The second-order valence-corrected chi connectivity index (χ2v) is 10.8. The number of carbonyl (C=O) groups is 2. The molecule has 5 rings (SSSR count). The zero-order valence-electron chi connectivity index (χ0n) is 23.8. The van der Waals surface area contributed by atoms with Crippen molar-refractivity contribution in [3.63, 3.8) is 0 Å². The van der Waals surface area contributed by atoms with Crippen molar-refractivity contribution < 1.29 is 23.5 Å². The summed E-state index contributed by atoms with van der Waals surface area (Å²) in [4.78, 5) is 49.3. The summed E-state index contributed by atoms with van der Waals surface area (Å²) in [5.41, 5.74) is -1.04. The van der Waals surface area contributed by atoms with E-state index in [1.807, 2.05) is 0 Å². The van der Waals surface area contributed by atoms with Crippen molar-refractivity contribution in [3.8, 4) is 5.82 Å². The van der Waals surface area contributed by atoms with Gasteiger partial charge in [0.25, 0.3) is 11.5 Å². The minimum Gasteiger partial charge on any atom is -0.443 e. The van der Waals surface area contributed by atoms with Crippen molar-refractivity contribution in [2.75, 3.05) is 24.4 Å². The monoisotopic (exact) mass is 578 g/mol. The van der Waals surface area contributed by atoms with Crippen LogP contribution in [0.3, 0.4) is 0 Å². The van der Waals surface area contributed by atoms with Gasteiger partial charge in [0.05, 0.1) is 18.3 Å². The largest absolute Gasteiger partial charge is 0.443 e. The Morgan fingerprint density at radius 3 is 2.64 bits per heavy atom. The third-order valence-electron chi connectivity index (χ3n) is 6.72. The maximum atomic E-state index is 14.4. The van der Waals surface area contributed by atoms with Gasteiger partial charge in [-0.05, 0) is 57.9 Å². The number of anilines is 3. The Balaban J connectivity index is 1.57. The molecule has 1 aliphatic rings. The van der Waals surface area contributed by atoms with E-state index in [2.05, 4.69) is 25.7 Å². The second kappa shape index (κ2) is 11.2. The summed E-state index contributed by atoms with van der Waals surface area (Å²) >= 11 is 0. The number of nitrogens with zero attached hydrogens (tertiary/aromatic N) is 6. The predicted octanol–water partition coefficient (Wildman–Crippen LogP) is 3.44. The van der Waals surface area contributed by atoms with Gasteiger partial charge < -0.3 is 20.1 Å². The molecular weight excluding hydrogens is 547 g/mol. The number of fused-ring (bicyclic) bond motifs is 1. The van der Waals surface area contributed by atoms with Gasteiger partial charge in [0.15, 0.2) is 17.3 Å². The van der Waals surface area contributed by atoms with Gasteiger partial charge in [-0.2, -0.15) is 9.61 Å². The van der Waals surface area contributed by atoms with Crippen LogP contribution in [0, 0.1) is 5.82 Å². The Morgan fingerprint density at radius 2 is 1.98 bits per heavy atom. The van der Waals surface area contributed by atoms with E-state index in [0.717, 1.165) is 17.4 Å². The summed E-state index contributed by atoms with van der Waals surface area (Å²) in [6.07, 6.45) is 4.98. The lowest BCUT2D eigenvalue weighted by Gasteiger charge is -2.35. The third-order valence-corrected chi connectivity index (χ3v) is 6.72. The second-order valence-electron chi connectivity index (χ2n) is 10.8. The highest BCUT2D eigenvalue weighted by Gasteiger charge is 2.33. The Kier molecular flexibility index (Phi) is 7.65. The number of ether oxygens (including phenoxy) is 2. The van der Waals surface area contributed by atoms with Gasteiger partial charge in [-0.25, -0.2) is 19.2 Å². The number of hydrogen-bond acceptors (Lipinski definition) is 9. The summed E-state index contributed by atoms with van der Waals surface area (Å²) in [6.45, 7) is 5.22. The zero-order valence-corrected chi connectivity index (χ0v) is 23.8. The molecule has 0 aromatic carbocycles. The van der Waals surface area contributed by atoms with Gasteiger partial charge in [-0.1, -0.05) is 0 Å². The molecule has 0 saturated heterocycles. The number of pyridine rings is 2. The molecule has 220 valence electrons. The van der Waals surface area contributed by atoms with Gasteiger partial charge in [-0.3, -0.25) is 19.1 Å². The van der Waals surface area contributed by atoms with E-state index in [1.165, 1.54) is 59.3 Å². The molecule has 4 aromatic heterocycles. The number of nitrogens with one attached hydrogen (secondary N) is 2. The van der Waals surface area contributed by atoms with E-state index in [4.69, 9.17) is 9.47 Å². The van der Waals surface area contributed by atoms with Crippen LogP contribution in [-0.2, 0) is 9.47 Å². The average molecular weight is 579 g/mol. The molecule has 2 N–H and O–H groups in total. The van der Waals surface area contributed by atoms with Gasteiger partial charge >= 0.3 is 6.09 Å². The fourth-order valence-corrected chi connectivity index (χ4v) is 4.45. The maximum Gasteiger partial charge on any atom is 0.415 e. The van der Waals surface area contributed by atoms with Crippen LogP contribution in [0.4, 0.5) is 26.5 Å². The molecule has 14 heteroatoms. The van der Waals surface area contributed by atoms with Crippen LogP contribution >= 0.6 is 0 Å². The molecule has 1 fully saturated rings. The highest BCUT2D eigenvalue weighted by Crippen LogP contribution is 2.26. The summed E-state index contributed by atoms with van der Waals surface area (Å²) in [6, 6.07) is 7.00. The van der Waals surface area contributed by atoms with Crippen molar-refractivity contribution in [3.05, 3.63) is 70.7 Å². The molecule has 4 heterocycles. The molecule has 0 aliphatic heterocycles. The maximum absolute atomic E-state index is 14.4. The quantitative estimate of drug-likeness (QED) is 0.337. The van der Waals surface area contributed by atoms with Crippen molar-refractivity contribution in [1.82, 2.24) is 29.5 Å². The lowest BCUT2D eigenvalue weighted by atomic mass is 9.89. The number of hydrogen-bond donors (Lipinski definition) is 2. The number of halogens is 1.